The lowest BCUT2D eigenvalue weighted by Gasteiger charge is -2.33. The molecule has 1 aliphatic rings. The molecule has 1 N–H and O–H groups in total. The van der Waals surface area contributed by atoms with Crippen molar-refractivity contribution in [3.63, 3.8) is 0 Å². The van der Waals surface area contributed by atoms with Crippen molar-refractivity contribution in [2.24, 2.45) is 0 Å². The van der Waals surface area contributed by atoms with Crippen LogP contribution in [0, 0.1) is 20.8 Å². The summed E-state index contributed by atoms with van der Waals surface area (Å²) in [6, 6.07) is 18.4. The average molecular weight is 596 g/mol. The summed E-state index contributed by atoms with van der Waals surface area (Å²) >= 11 is 6.19. The molecule has 0 bridgehead atoms. The van der Waals surface area contributed by atoms with E-state index in [0.717, 1.165) is 46.7 Å². The number of nitrogens with zero attached hydrogens (tertiary/aromatic N) is 2. The highest BCUT2D eigenvalue weighted by molar-refractivity contribution is 7.92. The van der Waals surface area contributed by atoms with Crippen molar-refractivity contribution in [2.45, 2.75) is 76.9 Å². The summed E-state index contributed by atoms with van der Waals surface area (Å²) in [5, 5.41) is 3.55. The minimum atomic E-state index is -4.14. The maximum Gasteiger partial charge on any atom is 0.264 e. The van der Waals surface area contributed by atoms with Crippen LogP contribution < -0.4 is 9.62 Å². The highest BCUT2D eigenvalue weighted by atomic mass is 35.5. The van der Waals surface area contributed by atoms with Gasteiger partial charge in [-0.15, -0.1) is 0 Å². The number of nitrogens with one attached hydrogen (secondary N) is 1. The molecular formula is C32H38ClN3O4S. The van der Waals surface area contributed by atoms with Crippen LogP contribution in [0.2, 0.25) is 5.02 Å². The Morgan fingerprint density at radius 1 is 0.927 bits per heavy atom. The first kappa shape index (κ1) is 30.6. The Hall–Kier alpha value is -3.36. The molecule has 0 aromatic heterocycles. The van der Waals surface area contributed by atoms with Gasteiger partial charge in [0.2, 0.25) is 11.8 Å². The zero-order valence-corrected chi connectivity index (χ0v) is 25.6. The van der Waals surface area contributed by atoms with Gasteiger partial charge in [-0.3, -0.25) is 13.9 Å². The summed E-state index contributed by atoms with van der Waals surface area (Å²) in [4.78, 5) is 29.0. The standard InChI is InChI=1S/C32H38ClN3O4S/c1-22-9-13-26(14-10-22)20-35(25(4)32(38)34-28-7-5-6-8-28)31(37)21-36(30-18-15-27(33)19-24(30)3)41(39,40)29-16-11-23(2)12-17-29/h9-19,25,28H,5-8,20-21H2,1-4H3,(H,34,38)/t25-/m0/s1. The number of anilines is 1. The van der Waals surface area contributed by atoms with E-state index in [1.165, 1.54) is 17.0 Å². The van der Waals surface area contributed by atoms with Gasteiger partial charge in [0, 0.05) is 17.6 Å². The van der Waals surface area contributed by atoms with E-state index in [0.29, 0.717) is 16.3 Å². The topological polar surface area (TPSA) is 86.8 Å². The van der Waals surface area contributed by atoms with Crippen LogP contribution in [0.5, 0.6) is 0 Å². The number of benzene rings is 3. The lowest BCUT2D eigenvalue weighted by molar-refractivity contribution is -0.139. The monoisotopic (exact) mass is 595 g/mol. The molecule has 0 heterocycles. The first-order valence-corrected chi connectivity index (χ1v) is 15.8. The van der Waals surface area contributed by atoms with E-state index < -0.39 is 28.5 Å². The Balaban J connectivity index is 1.70. The second-order valence-corrected chi connectivity index (χ2v) is 13.2. The molecular weight excluding hydrogens is 558 g/mol. The number of carbonyl (C=O) groups excluding carboxylic acids is 2. The molecule has 7 nitrogen and oxygen atoms in total. The Labute approximate surface area is 248 Å². The second kappa shape index (κ2) is 13.1. The molecule has 1 fully saturated rings. The van der Waals surface area contributed by atoms with Crippen LogP contribution in [-0.2, 0) is 26.2 Å². The van der Waals surface area contributed by atoms with Crippen LogP contribution in [0.3, 0.4) is 0 Å². The number of aryl methyl sites for hydroxylation is 3. The van der Waals surface area contributed by atoms with Gasteiger partial charge in [-0.25, -0.2) is 8.42 Å². The van der Waals surface area contributed by atoms with E-state index in [1.807, 2.05) is 38.1 Å². The summed E-state index contributed by atoms with van der Waals surface area (Å²) in [6.07, 6.45) is 3.97. The van der Waals surface area contributed by atoms with E-state index in [9.17, 15) is 18.0 Å². The SMILES string of the molecule is Cc1ccc(CN(C(=O)CN(c2ccc(Cl)cc2C)S(=O)(=O)c2ccc(C)cc2)[C@@H](C)C(=O)NC2CCCC2)cc1. The van der Waals surface area contributed by atoms with Crippen molar-refractivity contribution in [1.82, 2.24) is 10.2 Å². The molecule has 0 radical (unpaired) electrons. The number of halogens is 1. The van der Waals surface area contributed by atoms with E-state index >= 15 is 0 Å². The zero-order chi connectivity index (χ0) is 29.7. The molecule has 3 aromatic rings. The highest BCUT2D eigenvalue weighted by Gasteiger charge is 2.34. The summed E-state index contributed by atoms with van der Waals surface area (Å²) < 4.78 is 29.1. The molecule has 3 aromatic carbocycles. The van der Waals surface area contributed by atoms with E-state index in [-0.39, 0.29) is 23.4 Å². The number of sulfonamides is 1. The minimum absolute atomic E-state index is 0.0716. The zero-order valence-electron chi connectivity index (χ0n) is 24.1. The van der Waals surface area contributed by atoms with Crippen LogP contribution >= 0.6 is 11.6 Å². The molecule has 218 valence electrons. The Morgan fingerprint density at radius 3 is 2.10 bits per heavy atom. The molecule has 0 unspecified atom stereocenters. The molecule has 1 aliphatic carbocycles. The fourth-order valence-corrected chi connectivity index (χ4v) is 6.82. The maximum absolute atomic E-state index is 14.1. The summed E-state index contributed by atoms with van der Waals surface area (Å²) in [5.74, 6) is -0.724. The predicted molar refractivity (Wildman–Crippen MR) is 163 cm³/mol. The molecule has 0 aliphatic heterocycles. The van der Waals surface area contributed by atoms with E-state index in [1.54, 1.807) is 44.2 Å². The lowest BCUT2D eigenvalue weighted by atomic mass is 10.1. The Morgan fingerprint density at radius 2 is 1.51 bits per heavy atom. The largest absolute Gasteiger partial charge is 0.352 e. The lowest BCUT2D eigenvalue weighted by Crippen LogP contribution is -2.52. The molecule has 4 rings (SSSR count). The number of carbonyl (C=O) groups is 2. The number of rotatable bonds is 10. The second-order valence-electron chi connectivity index (χ2n) is 10.9. The normalized spacial score (nSPS) is 14.5. The van der Waals surface area contributed by atoms with Crippen molar-refractivity contribution in [1.29, 1.82) is 0 Å². The van der Waals surface area contributed by atoms with Crippen molar-refractivity contribution in [3.8, 4) is 0 Å². The summed E-state index contributed by atoms with van der Waals surface area (Å²) in [5.41, 5.74) is 3.80. The molecule has 41 heavy (non-hydrogen) atoms. The number of hydrogen-bond acceptors (Lipinski definition) is 4. The molecule has 2 amide bonds. The first-order valence-electron chi connectivity index (χ1n) is 14.0. The average Bonchev–Trinajstić information content (AvgIpc) is 3.44. The fraction of sp³-hybridized carbons (Fsp3) is 0.375. The van der Waals surface area contributed by atoms with Gasteiger partial charge < -0.3 is 10.2 Å². The third-order valence-electron chi connectivity index (χ3n) is 7.66. The van der Waals surface area contributed by atoms with Crippen molar-refractivity contribution in [2.75, 3.05) is 10.8 Å². The van der Waals surface area contributed by atoms with Crippen LogP contribution in [-0.4, -0.2) is 43.8 Å². The smallest absolute Gasteiger partial charge is 0.264 e. The van der Waals surface area contributed by atoms with Gasteiger partial charge in [0.1, 0.15) is 12.6 Å². The van der Waals surface area contributed by atoms with Crippen LogP contribution in [0.25, 0.3) is 0 Å². The van der Waals surface area contributed by atoms with Crippen LogP contribution in [0.1, 0.15) is 54.9 Å². The number of hydrogen-bond donors (Lipinski definition) is 1. The van der Waals surface area contributed by atoms with Crippen LogP contribution in [0.15, 0.2) is 71.6 Å². The molecule has 9 heteroatoms. The van der Waals surface area contributed by atoms with E-state index in [4.69, 9.17) is 11.6 Å². The fourth-order valence-electron chi connectivity index (χ4n) is 5.11. The maximum atomic E-state index is 14.1. The van der Waals surface area contributed by atoms with Crippen molar-refractivity contribution in [3.05, 3.63) is 94.0 Å². The Bertz CT molecular complexity index is 1480. The van der Waals surface area contributed by atoms with Gasteiger partial charge in [0.25, 0.3) is 10.0 Å². The van der Waals surface area contributed by atoms with Gasteiger partial charge >= 0.3 is 0 Å². The highest BCUT2D eigenvalue weighted by Crippen LogP contribution is 2.29. The van der Waals surface area contributed by atoms with Crippen molar-refractivity contribution >= 4 is 39.1 Å². The predicted octanol–water partition coefficient (Wildman–Crippen LogP) is 5.94. The summed E-state index contributed by atoms with van der Waals surface area (Å²) in [7, 11) is -4.14. The summed E-state index contributed by atoms with van der Waals surface area (Å²) in [6.45, 7) is 6.99. The van der Waals surface area contributed by atoms with Gasteiger partial charge in [0.05, 0.1) is 10.6 Å². The molecule has 1 atom stereocenters. The first-order chi connectivity index (χ1) is 19.5. The third kappa shape index (κ3) is 7.49. The van der Waals surface area contributed by atoms with Gasteiger partial charge in [-0.05, 0) is 82.0 Å². The van der Waals surface area contributed by atoms with E-state index in [2.05, 4.69) is 5.32 Å². The number of amides is 2. The van der Waals surface area contributed by atoms with Gasteiger partial charge in [-0.2, -0.15) is 0 Å². The third-order valence-corrected chi connectivity index (χ3v) is 9.67. The van der Waals surface area contributed by atoms with Crippen molar-refractivity contribution < 1.29 is 18.0 Å². The molecule has 1 saturated carbocycles. The molecule has 0 saturated heterocycles. The quantitative estimate of drug-likeness (QED) is 0.314. The van der Waals surface area contributed by atoms with Crippen LogP contribution in [0.4, 0.5) is 5.69 Å². The van der Waals surface area contributed by atoms with Gasteiger partial charge in [-0.1, -0.05) is 72.0 Å². The van der Waals surface area contributed by atoms with Gasteiger partial charge in [0.15, 0.2) is 0 Å². The Kier molecular flexibility index (Phi) is 9.76. The minimum Gasteiger partial charge on any atom is -0.352 e. The molecule has 0 spiro atoms.